The zero-order valence-corrected chi connectivity index (χ0v) is 13.9. The molecule has 0 fully saturated rings. The largest absolute Gasteiger partial charge is 0.478 e. The Hall–Kier alpha value is -3.07. The third-order valence-corrected chi connectivity index (χ3v) is 4.89. The molecule has 0 amide bonds. The van der Waals surface area contributed by atoms with Crippen LogP contribution in [0.25, 0.3) is 22.4 Å². The third-order valence-electron chi connectivity index (χ3n) is 4.89. The van der Waals surface area contributed by atoms with Crippen LogP contribution in [0.15, 0.2) is 67.3 Å². The normalized spacial score (nSPS) is 12.3. The molecule has 1 aliphatic carbocycles. The van der Waals surface area contributed by atoms with Crippen molar-refractivity contribution >= 4 is 5.97 Å². The number of benzene rings is 2. The minimum absolute atomic E-state index is 0.306. The smallest absolute Gasteiger partial charge is 0.335 e. The maximum Gasteiger partial charge on any atom is 0.335 e. The van der Waals surface area contributed by atoms with Gasteiger partial charge in [0.25, 0.3) is 0 Å². The summed E-state index contributed by atoms with van der Waals surface area (Å²) in [6.07, 6.45) is 3.96. The first-order chi connectivity index (χ1) is 12.2. The highest BCUT2D eigenvalue weighted by Gasteiger charge is 2.22. The van der Waals surface area contributed by atoms with Crippen molar-refractivity contribution in [1.29, 1.82) is 0 Å². The molecule has 0 atom stereocenters. The van der Waals surface area contributed by atoms with Gasteiger partial charge in [-0.15, -0.1) is 6.58 Å². The molecule has 0 saturated carbocycles. The van der Waals surface area contributed by atoms with E-state index in [2.05, 4.69) is 41.5 Å². The van der Waals surface area contributed by atoms with Gasteiger partial charge in [0.2, 0.25) is 0 Å². The average molecular weight is 329 g/mol. The lowest BCUT2D eigenvalue weighted by Crippen LogP contribution is -2.09. The number of hydrogen-bond donors (Lipinski definition) is 1. The molecule has 0 spiro atoms. The predicted octanol–water partition coefficient (Wildman–Crippen LogP) is 4.80. The van der Waals surface area contributed by atoms with Gasteiger partial charge in [0.05, 0.1) is 5.56 Å². The van der Waals surface area contributed by atoms with Crippen LogP contribution in [0.3, 0.4) is 0 Å². The monoisotopic (exact) mass is 329 g/mol. The van der Waals surface area contributed by atoms with Gasteiger partial charge in [-0.25, -0.2) is 4.79 Å². The molecule has 1 heterocycles. The lowest BCUT2D eigenvalue weighted by molar-refractivity contribution is 0.0697. The fourth-order valence-corrected chi connectivity index (χ4v) is 3.71. The average Bonchev–Trinajstić information content (AvgIpc) is 3.01. The molecule has 25 heavy (non-hydrogen) atoms. The summed E-state index contributed by atoms with van der Waals surface area (Å²) in [4.78, 5) is 11.1. The Morgan fingerprint density at radius 3 is 2.56 bits per heavy atom. The van der Waals surface area contributed by atoms with Crippen LogP contribution in [0.2, 0.25) is 0 Å². The van der Waals surface area contributed by atoms with Crippen molar-refractivity contribution in [3.05, 3.63) is 84.1 Å². The van der Waals surface area contributed by atoms with E-state index >= 15 is 0 Å². The van der Waals surface area contributed by atoms with E-state index < -0.39 is 5.97 Å². The van der Waals surface area contributed by atoms with E-state index in [1.165, 1.54) is 22.4 Å². The van der Waals surface area contributed by atoms with Crippen LogP contribution in [0.4, 0.5) is 0 Å². The van der Waals surface area contributed by atoms with Gasteiger partial charge in [-0.05, 0) is 47.7 Å². The summed E-state index contributed by atoms with van der Waals surface area (Å²) in [6, 6.07) is 17.9. The maximum atomic E-state index is 11.1. The van der Waals surface area contributed by atoms with Gasteiger partial charge >= 0.3 is 5.97 Å². The van der Waals surface area contributed by atoms with Crippen LogP contribution in [-0.4, -0.2) is 15.6 Å². The molecule has 0 aliphatic heterocycles. The van der Waals surface area contributed by atoms with Crippen LogP contribution in [0.1, 0.15) is 21.6 Å². The van der Waals surface area contributed by atoms with Crippen LogP contribution in [0, 0.1) is 0 Å². The zero-order valence-electron chi connectivity index (χ0n) is 13.9. The van der Waals surface area contributed by atoms with E-state index in [9.17, 15) is 4.79 Å². The predicted molar refractivity (Wildman–Crippen MR) is 99.9 cm³/mol. The topological polar surface area (TPSA) is 42.2 Å². The number of aromatic nitrogens is 1. The van der Waals surface area contributed by atoms with Gasteiger partial charge in [0, 0.05) is 23.5 Å². The van der Waals surface area contributed by atoms with Crippen molar-refractivity contribution < 1.29 is 9.90 Å². The lowest BCUT2D eigenvalue weighted by atomic mass is 9.90. The number of rotatable bonds is 4. The fraction of sp³-hybridized carbons (Fsp3) is 0.136. The molecule has 1 aromatic heterocycles. The van der Waals surface area contributed by atoms with E-state index in [-0.39, 0.29) is 0 Å². The first kappa shape index (κ1) is 15.5. The van der Waals surface area contributed by atoms with Crippen LogP contribution in [-0.2, 0) is 19.4 Å². The number of carbonyl (C=O) groups is 1. The number of nitrogens with zero attached hydrogens (tertiary/aromatic N) is 1. The molecule has 0 radical (unpaired) electrons. The maximum absolute atomic E-state index is 11.1. The van der Waals surface area contributed by atoms with E-state index in [0.717, 1.165) is 30.6 Å². The highest BCUT2D eigenvalue weighted by molar-refractivity contribution is 5.88. The van der Waals surface area contributed by atoms with Crippen molar-refractivity contribution in [3.8, 4) is 22.4 Å². The van der Waals surface area contributed by atoms with E-state index in [1.54, 1.807) is 12.1 Å². The fourth-order valence-electron chi connectivity index (χ4n) is 3.71. The second kappa shape index (κ2) is 6.10. The number of hydrogen-bond acceptors (Lipinski definition) is 1. The first-order valence-corrected chi connectivity index (χ1v) is 8.44. The van der Waals surface area contributed by atoms with E-state index in [4.69, 9.17) is 5.11 Å². The standard InChI is InChI=1S/C22H19NO2/c1-2-13-23-20-12-11-15-5-3-4-6-18(15)19(20)14-21(23)16-7-9-17(10-8-16)22(24)25/h2-10,14H,1,11-13H2,(H,24,25). The summed E-state index contributed by atoms with van der Waals surface area (Å²) < 4.78 is 2.30. The van der Waals surface area contributed by atoms with Gasteiger partial charge in [0.1, 0.15) is 0 Å². The molecule has 1 N–H and O–H groups in total. The third kappa shape index (κ3) is 2.58. The van der Waals surface area contributed by atoms with Crippen molar-refractivity contribution in [3.63, 3.8) is 0 Å². The molecule has 1 aliphatic rings. The quantitative estimate of drug-likeness (QED) is 0.698. The van der Waals surface area contributed by atoms with E-state index in [1.807, 2.05) is 18.2 Å². The molecule has 2 aromatic carbocycles. The highest BCUT2D eigenvalue weighted by Crippen LogP contribution is 2.38. The van der Waals surface area contributed by atoms with Crippen molar-refractivity contribution in [2.75, 3.05) is 0 Å². The Kier molecular flexibility index (Phi) is 3.77. The summed E-state index contributed by atoms with van der Waals surface area (Å²) in [5.41, 5.74) is 7.74. The second-order valence-corrected chi connectivity index (χ2v) is 6.33. The first-order valence-electron chi connectivity index (χ1n) is 8.44. The molecule has 3 nitrogen and oxygen atoms in total. The zero-order chi connectivity index (χ0) is 17.4. The number of carboxylic acid groups (broad SMARTS) is 1. The van der Waals surface area contributed by atoms with Gasteiger partial charge in [-0.1, -0.05) is 42.5 Å². The van der Waals surface area contributed by atoms with Crippen molar-refractivity contribution in [1.82, 2.24) is 4.57 Å². The Labute approximate surface area is 146 Å². The molecule has 3 heteroatoms. The Bertz CT molecular complexity index is 964. The molecule has 4 rings (SSSR count). The Morgan fingerprint density at radius 2 is 1.84 bits per heavy atom. The van der Waals surface area contributed by atoms with Gasteiger partial charge in [-0.2, -0.15) is 0 Å². The second-order valence-electron chi connectivity index (χ2n) is 6.33. The summed E-state index contributed by atoms with van der Waals surface area (Å²) >= 11 is 0. The number of fused-ring (bicyclic) bond motifs is 3. The molecule has 0 unspecified atom stereocenters. The number of allylic oxidation sites excluding steroid dienone is 1. The van der Waals surface area contributed by atoms with Crippen molar-refractivity contribution in [2.24, 2.45) is 0 Å². The minimum Gasteiger partial charge on any atom is -0.478 e. The Morgan fingerprint density at radius 1 is 1.08 bits per heavy atom. The molecule has 124 valence electrons. The minimum atomic E-state index is -0.902. The SMILES string of the molecule is C=CCn1c(-c2ccc(C(=O)O)cc2)cc2c1CCc1ccccc1-2. The number of aryl methyl sites for hydroxylation is 1. The van der Waals surface area contributed by atoms with Gasteiger partial charge in [0.15, 0.2) is 0 Å². The number of carboxylic acids is 1. The highest BCUT2D eigenvalue weighted by atomic mass is 16.4. The van der Waals surface area contributed by atoms with E-state index in [0.29, 0.717) is 5.56 Å². The van der Waals surface area contributed by atoms with Gasteiger partial charge < -0.3 is 9.67 Å². The van der Waals surface area contributed by atoms with Crippen molar-refractivity contribution in [2.45, 2.75) is 19.4 Å². The molecule has 3 aromatic rings. The van der Waals surface area contributed by atoms with Crippen LogP contribution >= 0.6 is 0 Å². The molecular weight excluding hydrogens is 310 g/mol. The summed E-state index contributed by atoms with van der Waals surface area (Å²) in [6.45, 7) is 4.65. The Balaban J connectivity index is 1.88. The van der Waals surface area contributed by atoms with Gasteiger partial charge in [-0.3, -0.25) is 0 Å². The van der Waals surface area contributed by atoms with Crippen LogP contribution in [0.5, 0.6) is 0 Å². The molecule has 0 bridgehead atoms. The molecular formula is C22H19NO2. The van der Waals surface area contributed by atoms with Crippen LogP contribution < -0.4 is 0 Å². The summed E-state index contributed by atoms with van der Waals surface area (Å²) in [7, 11) is 0. The molecule has 0 saturated heterocycles. The summed E-state index contributed by atoms with van der Waals surface area (Å²) in [5, 5.41) is 9.11. The lowest BCUT2D eigenvalue weighted by Gasteiger charge is -2.19. The summed E-state index contributed by atoms with van der Waals surface area (Å²) in [5.74, 6) is -0.902. The number of aromatic carboxylic acids is 1.